The number of hydrogen-bond donors (Lipinski definition) is 0. The van der Waals surface area contributed by atoms with Gasteiger partial charge in [-0.1, -0.05) is 41.9 Å². The van der Waals surface area contributed by atoms with E-state index in [-0.39, 0.29) is 0 Å². The van der Waals surface area contributed by atoms with E-state index in [1.165, 1.54) is 5.56 Å². The van der Waals surface area contributed by atoms with Crippen molar-refractivity contribution in [1.29, 1.82) is 0 Å². The minimum Gasteiger partial charge on any atom is -0.467 e. The summed E-state index contributed by atoms with van der Waals surface area (Å²) in [5.41, 5.74) is 3.30. The van der Waals surface area contributed by atoms with Crippen LogP contribution in [0.3, 0.4) is 0 Å². The molecular weight excluding hydrogens is 497 g/mol. The molecule has 0 amide bonds. The lowest BCUT2D eigenvalue weighted by Crippen LogP contribution is -2.48. The number of methoxy groups -OCH3 is 1. The van der Waals surface area contributed by atoms with Gasteiger partial charge in [-0.2, -0.15) is 9.97 Å². The number of likely N-dealkylation sites (tertiary alicyclic amines) is 1. The van der Waals surface area contributed by atoms with Gasteiger partial charge in [0.1, 0.15) is 12.0 Å². The van der Waals surface area contributed by atoms with E-state index in [0.717, 1.165) is 64.8 Å². The molecule has 1 fully saturated rings. The van der Waals surface area contributed by atoms with E-state index < -0.39 is 6.17 Å². The average Bonchev–Trinajstić information content (AvgIpc) is 2.88. The number of rotatable bonds is 9. The van der Waals surface area contributed by atoms with Crippen LogP contribution in [0.1, 0.15) is 11.3 Å². The fraction of sp³-hybridized carbons (Fsp3) is 0.407. The van der Waals surface area contributed by atoms with E-state index in [4.69, 9.17) is 26.3 Å². The second kappa shape index (κ2) is 11.2. The molecule has 0 atom stereocenters. The molecule has 2 aromatic carbocycles. The molecule has 5 rings (SSSR count). The topological polar surface area (TPSA) is 44.7 Å². The zero-order chi connectivity index (χ0) is 25.1. The number of alkyl halides is 1. The van der Waals surface area contributed by atoms with Gasteiger partial charge < -0.3 is 14.5 Å². The van der Waals surface area contributed by atoms with Crippen molar-refractivity contribution in [3.8, 4) is 6.01 Å². The molecule has 0 radical (unpaired) electrons. The Morgan fingerprint density at radius 3 is 2.81 bits per heavy atom. The molecule has 2 aliphatic rings. The maximum absolute atomic E-state index is 12.9. The van der Waals surface area contributed by atoms with Crippen molar-refractivity contribution in [3.05, 3.63) is 64.2 Å². The molecule has 0 N–H and O–H groups in total. The van der Waals surface area contributed by atoms with E-state index in [9.17, 15) is 4.39 Å². The molecule has 0 bridgehead atoms. The number of benzene rings is 2. The number of nitrogens with zero attached hydrogens (tertiary/aromatic N) is 5. The van der Waals surface area contributed by atoms with Gasteiger partial charge >= 0.3 is 6.01 Å². The first-order chi connectivity index (χ1) is 17.5. The van der Waals surface area contributed by atoms with Crippen molar-refractivity contribution in [2.45, 2.75) is 19.1 Å². The Hall–Kier alpha value is -2.55. The summed E-state index contributed by atoms with van der Waals surface area (Å²) in [6.45, 7) is 4.32. The van der Waals surface area contributed by atoms with E-state index in [1.54, 1.807) is 18.9 Å². The molecule has 190 valence electrons. The van der Waals surface area contributed by atoms with Gasteiger partial charge in [0.05, 0.1) is 24.4 Å². The van der Waals surface area contributed by atoms with Crippen molar-refractivity contribution in [3.63, 3.8) is 0 Å². The predicted molar refractivity (Wildman–Crippen MR) is 148 cm³/mol. The van der Waals surface area contributed by atoms with Gasteiger partial charge in [-0.05, 0) is 29.3 Å². The largest absolute Gasteiger partial charge is 0.467 e. The molecule has 3 heterocycles. The predicted octanol–water partition coefficient (Wildman–Crippen LogP) is 5.19. The standard InChI is InChI=1S/C27H31ClFN5OS/c1-32(13-15-36-14-5-11-33-16-20(29)17-33)26-21-10-12-34(18-23(21)30-27(31-26)35-2)24-9-4-7-19-6-3-8-22(28)25(19)24/h3-9,14,20H,10-13,15-18H2,1-2H3/b14-5+. The Bertz CT molecular complexity index is 1250. The third kappa shape index (κ3) is 5.41. The molecule has 6 nitrogen and oxygen atoms in total. The van der Waals surface area contributed by atoms with Crippen molar-refractivity contribution in [2.75, 3.05) is 62.4 Å². The second-order valence-electron chi connectivity index (χ2n) is 9.23. The van der Waals surface area contributed by atoms with Crippen LogP contribution in [0, 0.1) is 0 Å². The van der Waals surface area contributed by atoms with Crippen LogP contribution in [0.25, 0.3) is 10.8 Å². The highest BCUT2D eigenvalue weighted by atomic mass is 35.5. The maximum Gasteiger partial charge on any atom is 0.318 e. The van der Waals surface area contributed by atoms with Gasteiger partial charge in [0.15, 0.2) is 0 Å². The normalized spacial score (nSPS) is 16.4. The highest BCUT2D eigenvalue weighted by Gasteiger charge is 2.26. The number of fused-ring (bicyclic) bond motifs is 2. The molecular formula is C27H31ClFN5OS. The van der Waals surface area contributed by atoms with Crippen molar-refractivity contribution < 1.29 is 9.13 Å². The van der Waals surface area contributed by atoms with Crippen molar-refractivity contribution >= 4 is 45.6 Å². The lowest BCUT2D eigenvalue weighted by Gasteiger charge is -2.33. The third-order valence-corrected chi connectivity index (χ3v) is 7.87. The molecule has 1 saturated heterocycles. The number of aromatic nitrogens is 2. The molecule has 3 aromatic rings. The monoisotopic (exact) mass is 527 g/mol. The van der Waals surface area contributed by atoms with Crippen LogP contribution < -0.4 is 14.5 Å². The van der Waals surface area contributed by atoms with E-state index in [2.05, 4.69) is 57.5 Å². The highest BCUT2D eigenvalue weighted by molar-refractivity contribution is 8.02. The van der Waals surface area contributed by atoms with Gasteiger partial charge in [0.2, 0.25) is 0 Å². The zero-order valence-corrected chi connectivity index (χ0v) is 22.2. The molecule has 0 aliphatic carbocycles. The van der Waals surface area contributed by atoms with Gasteiger partial charge in [0.25, 0.3) is 0 Å². The molecule has 0 unspecified atom stereocenters. The zero-order valence-electron chi connectivity index (χ0n) is 20.7. The Kier molecular flexibility index (Phi) is 7.84. The Morgan fingerprint density at radius 2 is 2.03 bits per heavy atom. The summed E-state index contributed by atoms with van der Waals surface area (Å²) in [4.78, 5) is 16.1. The fourth-order valence-corrected chi connectivity index (χ4v) is 5.84. The summed E-state index contributed by atoms with van der Waals surface area (Å²) >= 11 is 8.37. The molecule has 2 aliphatic heterocycles. The van der Waals surface area contributed by atoms with Gasteiger partial charge in [-0.15, -0.1) is 11.8 Å². The molecule has 0 spiro atoms. The van der Waals surface area contributed by atoms with Crippen LogP contribution in [0.2, 0.25) is 5.02 Å². The summed E-state index contributed by atoms with van der Waals surface area (Å²) in [6.07, 6.45) is 2.31. The average molecular weight is 528 g/mol. The van der Waals surface area contributed by atoms with Crippen LogP contribution in [0.4, 0.5) is 15.9 Å². The molecule has 1 aromatic heterocycles. The van der Waals surface area contributed by atoms with E-state index in [1.807, 2.05) is 12.1 Å². The Morgan fingerprint density at radius 1 is 1.22 bits per heavy atom. The van der Waals surface area contributed by atoms with Crippen LogP contribution >= 0.6 is 23.4 Å². The van der Waals surface area contributed by atoms with E-state index in [0.29, 0.717) is 25.6 Å². The second-order valence-corrected chi connectivity index (χ2v) is 10.6. The van der Waals surface area contributed by atoms with Gasteiger partial charge in [-0.3, -0.25) is 4.90 Å². The molecule has 36 heavy (non-hydrogen) atoms. The van der Waals surface area contributed by atoms with Crippen molar-refractivity contribution in [1.82, 2.24) is 14.9 Å². The van der Waals surface area contributed by atoms with Crippen LogP contribution in [0.5, 0.6) is 6.01 Å². The number of thioether (sulfide) groups is 1. The van der Waals surface area contributed by atoms with Crippen LogP contribution in [-0.2, 0) is 13.0 Å². The number of anilines is 2. The lowest BCUT2D eigenvalue weighted by atomic mass is 10.0. The quantitative estimate of drug-likeness (QED) is 0.355. The number of halogens is 2. The first-order valence-electron chi connectivity index (χ1n) is 12.2. The summed E-state index contributed by atoms with van der Waals surface area (Å²) in [5, 5.41) is 5.09. The minimum absolute atomic E-state index is 0.390. The van der Waals surface area contributed by atoms with Crippen molar-refractivity contribution in [2.24, 2.45) is 0 Å². The van der Waals surface area contributed by atoms with Crippen LogP contribution in [-0.4, -0.2) is 73.7 Å². The maximum atomic E-state index is 12.9. The minimum atomic E-state index is -0.646. The molecule has 0 saturated carbocycles. The van der Waals surface area contributed by atoms with Gasteiger partial charge in [0, 0.05) is 62.2 Å². The smallest absolute Gasteiger partial charge is 0.318 e. The Balaban J connectivity index is 1.28. The highest BCUT2D eigenvalue weighted by Crippen LogP contribution is 2.36. The first kappa shape index (κ1) is 25.1. The lowest BCUT2D eigenvalue weighted by molar-refractivity contribution is 0.0772. The summed E-state index contributed by atoms with van der Waals surface area (Å²) in [7, 11) is 3.69. The number of hydrogen-bond acceptors (Lipinski definition) is 7. The van der Waals surface area contributed by atoms with Crippen LogP contribution in [0.15, 0.2) is 47.9 Å². The third-order valence-electron chi connectivity index (χ3n) is 6.75. The first-order valence-corrected chi connectivity index (χ1v) is 13.7. The summed E-state index contributed by atoms with van der Waals surface area (Å²) in [6, 6.07) is 12.7. The summed E-state index contributed by atoms with van der Waals surface area (Å²) < 4.78 is 18.4. The molecule has 9 heteroatoms. The Labute approximate surface area is 221 Å². The van der Waals surface area contributed by atoms with Gasteiger partial charge in [-0.25, -0.2) is 4.39 Å². The summed E-state index contributed by atoms with van der Waals surface area (Å²) in [5.74, 6) is 1.87. The SMILES string of the molecule is COc1nc2c(c(N(C)CCS/C=C/CN3CC(F)C3)n1)CCN(c1cccc3cccc(Cl)c13)C2. The fourth-order valence-electron chi connectivity index (χ4n) is 4.82. The number of ether oxygens (including phenoxy) is 1. The van der Waals surface area contributed by atoms with E-state index >= 15 is 0 Å².